The van der Waals surface area contributed by atoms with Crippen molar-refractivity contribution in [1.82, 2.24) is 9.55 Å². The molecule has 168 valence electrons. The van der Waals surface area contributed by atoms with Crippen LogP contribution >= 0.6 is 0 Å². The predicted octanol–water partition coefficient (Wildman–Crippen LogP) is 8.77. The second kappa shape index (κ2) is 7.30. The number of para-hydroxylation sites is 1. The van der Waals surface area contributed by atoms with Crippen LogP contribution in [0.5, 0.6) is 11.5 Å². The number of hydrogen-bond acceptors (Lipinski definition) is 2. The van der Waals surface area contributed by atoms with Gasteiger partial charge in [-0.1, -0.05) is 91.0 Å². The van der Waals surface area contributed by atoms with Crippen molar-refractivity contribution in [1.29, 1.82) is 0 Å². The zero-order chi connectivity index (χ0) is 23.6. The summed E-state index contributed by atoms with van der Waals surface area (Å²) in [5.41, 5.74) is 6.36. The summed E-state index contributed by atoms with van der Waals surface area (Å²) in [5.74, 6) is 2.58. The molecule has 0 aliphatic carbocycles. The molecule has 3 heteroatoms. The summed E-state index contributed by atoms with van der Waals surface area (Å²) in [5, 5.41) is 5.01. The maximum absolute atomic E-state index is 6.50. The Labute approximate surface area is 207 Å². The highest BCUT2D eigenvalue weighted by Crippen LogP contribution is 2.45. The SMILES string of the molecule is c1ccc(-c2nc3cccc4c3n2-c2ccc(-c3cc5ccccc5c5ccccc35)cc2O4)cc1. The minimum atomic E-state index is 0.829. The highest BCUT2D eigenvalue weighted by molar-refractivity contribution is 6.13. The summed E-state index contributed by atoms with van der Waals surface area (Å²) >= 11 is 0. The average Bonchev–Trinajstić information content (AvgIpc) is 3.34. The van der Waals surface area contributed by atoms with Gasteiger partial charge in [-0.15, -0.1) is 0 Å². The van der Waals surface area contributed by atoms with E-state index in [-0.39, 0.29) is 0 Å². The van der Waals surface area contributed by atoms with Crippen LogP contribution in [0.2, 0.25) is 0 Å². The second-order valence-corrected chi connectivity index (χ2v) is 9.24. The first-order chi connectivity index (χ1) is 17.8. The molecule has 0 saturated carbocycles. The van der Waals surface area contributed by atoms with Gasteiger partial charge >= 0.3 is 0 Å². The van der Waals surface area contributed by atoms with E-state index in [0.29, 0.717) is 0 Å². The Balaban J connectivity index is 1.39. The Morgan fingerprint density at radius 1 is 0.556 bits per heavy atom. The van der Waals surface area contributed by atoms with Gasteiger partial charge in [0.15, 0.2) is 11.5 Å². The maximum Gasteiger partial charge on any atom is 0.153 e. The molecule has 0 bridgehead atoms. The zero-order valence-electron chi connectivity index (χ0n) is 19.3. The van der Waals surface area contributed by atoms with Gasteiger partial charge in [-0.2, -0.15) is 0 Å². The Morgan fingerprint density at radius 3 is 2.22 bits per heavy atom. The van der Waals surface area contributed by atoms with Gasteiger partial charge in [0.25, 0.3) is 0 Å². The van der Waals surface area contributed by atoms with Gasteiger partial charge in [-0.05, 0) is 63.0 Å². The number of imidazole rings is 1. The van der Waals surface area contributed by atoms with E-state index in [1.54, 1.807) is 0 Å². The molecule has 1 aromatic heterocycles. The first kappa shape index (κ1) is 19.4. The molecule has 0 N–H and O–H groups in total. The Hall–Kier alpha value is -4.89. The summed E-state index contributed by atoms with van der Waals surface area (Å²) in [7, 11) is 0. The minimum Gasteiger partial charge on any atom is -0.453 e. The summed E-state index contributed by atoms with van der Waals surface area (Å²) < 4.78 is 8.74. The zero-order valence-corrected chi connectivity index (χ0v) is 19.3. The number of benzene rings is 6. The van der Waals surface area contributed by atoms with Crippen molar-refractivity contribution in [2.45, 2.75) is 0 Å². The normalized spacial score (nSPS) is 12.1. The van der Waals surface area contributed by atoms with Crippen LogP contribution in [0, 0.1) is 0 Å². The monoisotopic (exact) mass is 460 g/mol. The molecule has 0 saturated heterocycles. The van der Waals surface area contributed by atoms with Crippen molar-refractivity contribution in [2.24, 2.45) is 0 Å². The lowest BCUT2D eigenvalue weighted by atomic mass is 9.93. The third-order valence-corrected chi connectivity index (χ3v) is 7.17. The van der Waals surface area contributed by atoms with Crippen LogP contribution < -0.4 is 4.74 Å². The molecule has 3 nitrogen and oxygen atoms in total. The lowest BCUT2D eigenvalue weighted by molar-refractivity contribution is 0.476. The fourth-order valence-electron chi connectivity index (χ4n) is 5.55. The van der Waals surface area contributed by atoms with Crippen molar-refractivity contribution >= 4 is 32.6 Å². The van der Waals surface area contributed by atoms with E-state index >= 15 is 0 Å². The summed E-state index contributed by atoms with van der Waals surface area (Å²) in [6, 6.07) is 42.5. The van der Waals surface area contributed by atoms with E-state index in [2.05, 4.69) is 102 Å². The molecule has 0 fully saturated rings. The second-order valence-electron chi connectivity index (χ2n) is 9.24. The number of aromatic nitrogens is 2. The minimum absolute atomic E-state index is 0.829. The molecule has 6 aromatic carbocycles. The number of fused-ring (bicyclic) bond motifs is 5. The Kier molecular flexibility index (Phi) is 3.94. The van der Waals surface area contributed by atoms with E-state index in [0.717, 1.165) is 45.2 Å². The molecule has 1 aliphatic heterocycles. The molecule has 0 unspecified atom stereocenters. The lowest BCUT2D eigenvalue weighted by Gasteiger charge is -2.22. The first-order valence-corrected chi connectivity index (χ1v) is 12.2. The smallest absolute Gasteiger partial charge is 0.153 e. The van der Waals surface area contributed by atoms with Crippen LogP contribution in [0.4, 0.5) is 0 Å². The van der Waals surface area contributed by atoms with Crippen LogP contribution in [0.1, 0.15) is 0 Å². The van der Waals surface area contributed by atoms with Gasteiger partial charge < -0.3 is 4.74 Å². The molecule has 36 heavy (non-hydrogen) atoms. The van der Waals surface area contributed by atoms with Crippen LogP contribution in [-0.4, -0.2) is 9.55 Å². The molecule has 0 radical (unpaired) electrons. The van der Waals surface area contributed by atoms with Gasteiger partial charge in [0.2, 0.25) is 0 Å². The topological polar surface area (TPSA) is 27.1 Å². The van der Waals surface area contributed by atoms with Crippen molar-refractivity contribution in [3.63, 3.8) is 0 Å². The van der Waals surface area contributed by atoms with Gasteiger partial charge in [0.1, 0.15) is 11.3 Å². The standard InChI is InChI=1S/C33H20N2O/c1-2-9-21(10-3-1)33-34-28-15-8-16-30-32(28)35(33)29-18-17-23(20-31(29)36-30)27-19-22-11-4-5-12-24(22)25-13-6-7-14-26(25)27/h1-20H. The van der Waals surface area contributed by atoms with Crippen molar-refractivity contribution in [3.05, 3.63) is 121 Å². The molecular weight excluding hydrogens is 440 g/mol. The molecule has 1 aliphatic rings. The van der Waals surface area contributed by atoms with Gasteiger partial charge in [0.05, 0.1) is 11.2 Å². The van der Waals surface area contributed by atoms with Crippen LogP contribution in [0.3, 0.4) is 0 Å². The largest absolute Gasteiger partial charge is 0.453 e. The summed E-state index contributed by atoms with van der Waals surface area (Å²) in [6.45, 7) is 0. The van der Waals surface area contributed by atoms with Crippen molar-refractivity contribution in [3.8, 4) is 39.7 Å². The molecule has 0 spiro atoms. The van der Waals surface area contributed by atoms with E-state index < -0.39 is 0 Å². The molecule has 2 heterocycles. The van der Waals surface area contributed by atoms with E-state index in [9.17, 15) is 0 Å². The summed E-state index contributed by atoms with van der Waals surface area (Å²) in [4.78, 5) is 4.99. The highest BCUT2D eigenvalue weighted by atomic mass is 16.5. The Morgan fingerprint density at radius 2 is 1.33 bits per heavy atom. The quantitative estimate of drug-likeness (QED) is 0.241. The number of hydrogen-bond donors (Lipinski definition) is 0. The van der Waals surface area contributed by atoms with E-state index in [1.807, 2.05) is 24.3 Å². The third-order valence-electron chi connectivity index (χ3n) is 7.17. The highest BCUT2D eigenvalue weighted by Gasteiger charge is 2.25. The Bertz CT molecular complexity index is 1970. The first-order valence-electron chi connectivity index (χ1n) is 12.2. The molecule has 8 rings (SSSR count). The van der Waals surface area contributed by atoms with Crippen LogP contribution in [0.15, 0.2) is 121 Å². The fraction of sp³-hybridized carbons (Fsp3) is 0. The van der Waals surface area contributed by atoms with Crippen LogP contribution in [0.25, 0.3) is 60.8 Å². The van der Waals surface area contributed by atoms with E-state index in [4.69, 9.17) is 9.72 Å². The summed E-state index contributed by atoms with van der Waals surface area (Å²) in [6.07, 6.45) is 0. The van der Waals surface area contributed by atoms with Crippen molar-refractivity contribution < 1.29 is 4.74 Å². The van der Waals surface area contributed by atoms with E-state index in [1.165, 1.54) is 27.1 Å². The molecule has 7 aromatic rings. The van der Waals surface area contributed by atoms with Crippen LogP contribution in [-0.2, 0) is 0 Å². The fourth-order valence-corrected chi connectivity index (χ4v) is 5.55. The number of nitrogens with zero attached hydrogens (tertiary/aromatic N) is 2. The van der Waals surface area contributed by atoms with Gasteiger partial charge in [-0.3, -0.25) is 4.57 Å². The van der Waals surface area contributed by atoms with Crippen molar-refractivity contribution in [2.75, 3.05) is 0 Å². The number of rotatable bonds is 2. The average molecular weight is 461 g/mol. The van der Waals surface area contributed by atoms with Gasteiger partial charge in [0, 0.05) is 5.56 Å². The molecule has 0 atom stereocenters. The predicted molar refractivity (Wildman–Crippen MR) is 147 cm³/mol. The molecule has 0 amide bonds. The lowest BCUT2D eigenvalue weighted by Crippen LogP contribution is -2.06. The molecular formula is C33H20N2O. The number of ether oxygens (including phenoxy) is 1. The van der Waals surface area contributed by atoms with Gasteiger partial charge in [-0.25, -0.2) is 4.98 Å². The maximum atomic E-state index is 6.50. The third kappa shape index (κ3) is 2.71.